The van der Waals surface area contributed by atoms with Gasteiger partial charge in [-0.15, -0.1) is 0 Å². The first-order chi connectivity index (χ1) is 8.97. The largest absolute Gasteiger partial charge is 0.481 e. The molecule has 0 aromatic heterocycles. The summed E-state index contributed by atoms with van der Waals surface area (Å²) in [6, 6.07) is 0. The molecule has 0 bridgehead atoms. The lowest BCUT2D eigenvalue weighted by Crippen LogP contribution is -2.28. The van der Waals surface area contributed by atoms with E-state index in [1.807, 2.05) is 0 Å². The average molecular weight is 337 g/mol. The molecule has 0 unspecified atom stereocenters. The number of aliphatic carboxylic acids is 1. The third kappa shape index (κ3) is 10.2. The lowest BCUT2D eigenvalue weighted by atomic mass is 10.3. The fourth-order valence-corrected chi connectivity index (χ4v) is 1.38. The van der Waals surface area contributed by atoms with E-state index >= 15 is 0 Å². The molecule has 0 heterocycles. The van der Waals surface area contributed by atoms with E-state index in [1.165, 1.54) is 7.11 Å². The van der Waals surface area contributed by atoms with Gasteiger partial charge < -0.3 is 20.5 Å². The third-order valence-electron chi connectivity index (χ3n) is 1.93. The molecule has 0 aromatic rings. The first kappa shape index (κ1) is 17.6. The van der Waals surface area contributed by atoms with Crippen molar-refractivity contribution in [3.05, 3.63) is 10.6 Å². The van der Waals surface area contributed by atoms with Gasteiger partial charge in [0.2, 0.25) is 5.91 Å². The smallest absolute Gasteiger partial charge is 0.303 e. The van der Waals surface area contributed by atoms with Crippen molar-refractivity contribution >= 4 is 33.7 Å². The van der Waals surface area contributed by atoms with E-state index < -0.39 is 17.8 Å². The van der Waals surface area contributed by atoms with Crippen molar-refractivity contribution in [3.8, 4) is 0 Å². The van der Waals surface area contributed by atoms with Gasteiger partial charge in [0.15, 0.2) is 0 Å². The van der Waals surface area contributed by atoms with Gasteiger partial charge in [0.25, 0.3) is 5.91 Å². The number of amides is 2. The van der Waals surface area contributed by atoms with Gasteiger partial charge >= 0.3 is 5.97 Å². The van der Waals surface area contributed by atoms with Crippen LogP contribution in [0.3, 0.4) is 0 Å². The number of ether oxygens (including phenoxy) is 1. The first-order valence-electron chi connectivity index (χ1n) is 5.61. The molecule has 0 fully saturated rings. The number of carboxylic acids is 1. The monoisotopic (exact) mass is 336 g/mol. The lowest BCUT2D eigenvalue weighted by Gasteiger charge is -2.04. The van der Waals surface area contributed by atoms with Crippen LogP contribution in [0.4, 0.5) is 0 Å². The second-order valence-corrected chi connectivity index (χ2v) is 4.38. The predicted molar refractivity (Wildman–Crippen MR) is 71.8 cm³/mol. The van der Waals surface area contributed by atoms with Gasteiger partial charge in [0.05, 0.1) is 11.1 Å². The van der Waals surface area contributed by atoms with Gasteiger partial charge in [0, 0.05) is 32.7 Å². The van der Waals surface area contributed by atoms with Crippen LogP contribution in [0, 0.1) is 0 Å². The number of carboxylic acid groups (broad SMARTS) is 1. The number of methoxy groups -OCH3 is 1. The molecule has 0 aliphatic carbocycles. The van der Waals surface area contributed by atoms with Crippen LogP contribution in [-0.2, 0) is 19.1 Å². The van der Waals surface area contributed by atoms with Crippen molar-refractivity contribution in [2.24, 2.45) is 0 Å². The Kier molecular flexibility index (Phi) is 9.73. The van der Waals surface area contributed by atoms with Gasteiger partial charge in [-0.3, -0.25) is 14.4 Å². The second-order valence-electron chi connectivity index (χ2n) is 3.53. The summed E-state index contributed by atoms with van der Waals surface area (Å²) >= 11 is 2.98. The van der Waals surface area contributed by atoms with Crippen molar-refractivity contribution in [2.45, 2.75) is 12.8 Å². The van der Waals surface area contributed by atoms with Crippen molar-refractivity contribution in [2.75, 3.05) is 26.8 Å². The van der Waals surface area contributed by atoms with Crippen LogP contribution in [0.25, 0.3) is 0 Å². The van der Waals surface area contributed by atoms with Gasteiger partial charge in [-0.2, -0.15) is 0 Å². The predicted octanol–water partition coefficient (Wildman–Crippen LogP) is 0.00880. The Hall–Kier alpha value is -1.41. The molecule has 0 saturated heterocycles. The molecule has 0 aliphatic heterocycles. The SMILES string of the molecule is COCCNC(=O)/C(Br)=C\C(=O)NCCCC(=O)O. The highest BCUT2D eigenvalue weighted by Gasteiger charge is 2.07. The summed E-state index contributed by atoms with van der Waals surface area (Å²) in [5.41, 5.74) is 0. The van der Waals surface area contributed by atoms with Gasteiger partial charge in [-0.05, 0) is 22.4 Å². The summed E-state index contributed by atoms with van der Waals surface area (Å²) in [4.78, 5) is 33.0. The Morgan fingerprint density at radius 3 is 2.53 bits per heavy atom. The Bertz CT molecular complexity index is 357. The van der Waals surface area contributed by atoms with Crippen LogP contribution in [0.2, 0.25) is 0 Å². The maximum Gasteiger partial charge on any atom is 0.303 e. The van der Waals surface area contributed by atoms with E-state index in [0.29, 0.717) is 19.6 Å². The number of hydrogen-bond acceptors (Lipinski definition) is 4. The van der Waals surface area contributed by atoms with Crippen molar-refractivity contribution in [3.63, 3.8) is 0 Å². The third-order valence-corrected chi connectivity index (χ3v) is 2.52. The highest BCUT2D eigenvalue weighted by atomic mass is 79.9. The number of halogens is 1. The second kappa shape index (κ2) is 10.5. The van der Waals surface area contributed by atoms with Crippen molar-refractivity contribution < 1.29 is 24.2 Å². The molecular formula is C11H17BrN2O5. The summed E-state index contributed by atoms with van der Waals surface area (Å²) in [6.45, 7) is 0.971. The summed E-state index contributed by atoms with van der Waals surface area (Å²) in [5, 5.41) is 13.4. The highest BCUT2D eigenvalue weighted by molar-refractivity contribution is 9.12. The molecule has 19 heavy (non-hydrogen) atoms. The average Bonchev–Trinajstić information content (AvgIpc) is 2.34. The van der Waals surface area contributed by atoms with E-state index in [-0.39, 0.29) is 17.4 Å². The fraction of sp³-hybridized carbons (Fsp3) is 0.545. The summed E-state index contributed by atoms with van der Waals surface area (Å²) in [5.74, 6) is -1.79. The first-order valence-corrected chi connectivity index (χ1v) is 6.40. The van der Waals surface area contributed by atoms with Crippen LogP contribution < -0.4 is 10.6 Å². The number of carbonyl (C=O) groups is 3. The lowest BCUT2D eigenvalue weighted by molar-refractivity contribution is -0.137. The molecule has 0 rings (SSSR count). The fourth-order valence-electron chi connectivity index (χ4n) is 1.03. The summed E-state index contributed by atoms with van der Waals surface area (Å²) in [7, 11) is 1.52. The Morgan fingerprint density at radius 2 is 1.95 bits per heavy atom. The standard InChI is InChI=1S/C11H17BrN2O5/c1-19-6-5-14-11(18)8(12)7-9(15)13-4-2-3-10(16)17/h7H,2-6H2,1H3,(H,13,15)(H,14,18)(H,16,17)/b8-7+. The number of nitrogens with one attached hydrogen (secondary N) is 2. The molecule has 7 nitrogen and oxygen atoms in total. The molecular weight excluding hydrogens is 320 g/mol. The van der Waals surface area contributed by atoms with E-state index in [1.54, 1.807) is 0 Å². The highest BCUT2D eigenvalue weighted by Crippen LogP contribution is 2.03. The molecule has 108 valence electrons. The molecule has 0 aliphatic rings. The maximum absolute atomic E-state index is 11.4. The van der Waals surface area contributed by atoms with Gasteiger partial charge in [0.1, 0.15) is 0 Å². The normalized spacial score (nSPS) is 10.9. The van der Waals surface area contributed by atoms with Crippen LogP contribution in [0.5, 0.6) is 0 Å². The van der Waals surface area contributed by atoms with Crippen LogP contribution in [0.15, 0.2) is 10.6 Å². The molecule has 0 saturated carbocycles. The van der Waals surface area contributed by atoms with E-state index in [0.717, 1.165) is 6.08 Å². The Morgan fingerprint density at radius 1 is 1.26 bits per heavy atom. The van der Waals surface area contributed by atoms with E-state index in [2.05, 4.69) is 26.6 Å². The molecule has 0 aromatic carbocycles. The molecule has 0 spiro atoms. The van der Waals surface area contributed by atoms with Crippen molar-refractivity contribution in [1.29, 1.82) is 0 Å². The zero-order valence-electron chi connectivity index (χ0n) is 10.6. The van der Waals surface area contributed by atoms with Crippen LogP contribution in [0.1, 0.15) is 12.8 Å². The van der Waals surface area contributed by atoms with Crippen LogP contribution >= 0.6 is 15.9 Å². The maximum atomic E-state index is 11.4. The minimum absolute atomic E-state index is 0.0112. The molecule has 0 atom stereocenters. The zero-order valence-corrected chi connectivity index (χ0v) is 12.2. The number of carbonyl (C=O) groups excluding carboxylic acids is 2. The van der Waals surface area contributed by atoms with Gasteiger partial charge in [-0.1, -0.05) is 0 Å². The summed E-state index contributed by atoms with van der Waals surface area (Å²) in [6.07, 6.45) is 1.43. The Balaban J connectivity index is 3.95. The van der Waals surface area contributed by atoms with E-state index in [9.17, 15) is 14.4 Å². The van der Waals surface area contributed by atoms with E-state index in [4.69, 9.17) is 9.84 Å². The number of rotatable bonds is 9. The molecule has 0 radical (unpaired) electrons. The summed E-state index contributed by atoms with van der Waals surface area (Å²) < 4.78 is 4.86. The molecule has 8 heteroatoms. The molecule has 3 N–H and O–H groups in total. The zero-order chi connectivity index (χ0) is 14.7. The molecule has 2 amide bonds. The topological polar surface area (TPSA) is 105 Å². The van der Waals surface area contributed by atoms with Crippen molar-refractivity contribution in [1.82, 2.24) is 10.6 Å². The van der Waals surface area contributed by atoms with Crippen LogP contribution in [-0.4, -0.2) is 49.7 Å². The quantitative estimate of drug-likeness (QED) is 0.406. The van der Waals surface area contributed by atoms with Gasteiger partial charge in [-0.25, -0.2) is 0 Å². The minimum Gasteiger partial charge on any atom is -0.481 e. The minimum atomic E-state index is -0.913. The Labute approximate surface area is 119 Å². The number of hydrogen-bond donors (Lipinski definition) is 3.